The van der Waals surface area contributed by atoms with E-state index in [1.807, 2.05) is 38.1 Å². The summed E-state index contributed by atoms with van der Waals surface area (Å²) >= 11 is 1.34. The van der Waals surface area contributed by atoms with Gasteiger partial charge in [-0.1, -0.05) is 24.3 Å². The molecular weight excluding hydrogens is 412 g/mol. The van der Waals surface area contributed by atoms with E-state index in [1.165, 1.54) is 16.7 Å². The van der Waals surface area contributed by atoms with Gasteiger partial charge >= 0.3 is 0 Å². The molecule has 2 heterocycles. The van der Waals surface area contributed by atoms with E-state index >= 15 is 0 Å². The van der Waals surface area contributed by atoms with Gasteiger partial charge in [0.2, 0.25) is 5.91 Å². The first kappa shape index (κ1) is 21.3. The summed E-state index contributed by atoms with van der Waals surface area (Å²) in [5.41, 5.74) is 0.505. The van der Waals surface area contributed by atoms with E-state index < -0.39 is 5.72 Å². The Morgan fingerprint density at radius 1 is 1.10 bits per heavy atom. The lowest BCUT2D eigenvalue weighted by atomic mass is 9.85. The number of hydrogen-bond acceptors (Lipinski definition) is 6. The van der Waals surface area contributed by atoms with Crippen LogP contribution in [0, 0.1) is 11.3 Å². The highest BCUT2D eigenvalue weighted by Crippen LogP contribution is 2.51. The molecule has 31 heavy (non-hydrogen) atoms. The molecule has 2 aromatic carbocycles. The average Bonchev–Trinajstić information content (AvgIpc) is 3.14. The number of benzene rings is 2. The molecule has 0 bridgehead atoms. The third kappa shape index (κ3) is 3.78. The first-order valence-electron chi connectivity index (χ1n) is 10.3. The lowest BCUT2D eigenvalue weighted by molar-refractivity contribution is -0.149. The van der Waals surface area contributed by atoms with Crippen molar-refractivity contribution >= 4 is 17.7 Å². The molecule has 1 amide bonds. The van der Waals surface area contributed by atoms with Gasteiger partial charge in [0.25, 0.3) is 0 Å². The minimum atomic E-state index is -1.49. The van der Waals surface area contributed by atoms with Crippen LogP contribution in [0.1, 0.15) is 37.3 Å². The van der Waals surface area contributed by atoms with Crippen molar-refractivity contribution in [3.63, 3.8) is 0 Å². The normalized spacial score (nSPS) is 22.8. The van der Waals surface area contributed by atoms with Gasteiger partial charge in [-0.2, -0.15) is 5.26 Å². The Hall–Kier alpha value is -2.95. The van der Waals surface area contributed by atoms with Gasteiger partial charge < -0.3 is 14.6 Å². The standard InChI is InChI=1S/C24H24N2O4S/c1-3-29-18-9-5-16(6-10-18)20-13-22(27)26-23(21(20)14-25)31-15-24(26,28)17-7-11-19(12-8-17)30-4-2/h5-12,20,28H,3-4,13,15H2,1-2H3/t20-,24-/m0/s1. The quantitative estimate of drug-likeness (QED) is 0.733. The van der Waals surface area contributed by atoms with Crippen LogP contribution in [-0.2, 0) is 10.5 Å². The summed E-state index contributed by atoms with van der Waals surface area (Å²) in [6.45, 7) is 4.95. The van der Waals surface area contributed by atoms with Gasteiger partial charge in [0.05, 0.1) is 35.6 Å². The van der Waals surface area contributed by atoms with Crippen LogP contribution in [-0.4, -0.2) is 34.9 Å². The Bertz CT molecular complexity index is 1040. The lowest BCUT2D eigenvalue weighted by Crippen LogP contribution is -2.48. The fourth-order valence-corrected chi connectivity index (χ4v) is 5.43. The van der Waals surface area contributed by atoms with E-state index in [4.69, 9.17) is 9.47 Å². The van der Waals surface area contributed by atoms with Gasteiger partial charge in [0.1, 0.15) is 11.5 Å². The van der Waals surface area contributed by atoms with Crippen molar-refractivity contribution in [1.29, 1.82) is 5.26 Å². The van der Waals surface area contributed by atoms with Crippen molar-refractivity contribution in [2.24, 2.45) is 0 Å². The number of nitrogens with zero attached hydrogens (tertiary/aromatic N) is 2. The molecule has 1 N–H and O–H groups in total. The first-order chi connectivity index (χ1) is 15.0. The number of carbonyl (C=O) groups excluding carboxylic acids is 1. The van der Waals surface area contributed by atoms with E-state index in [0.29, 0.717) is 35.1 Å². The smallest absolute Gasteiger partial charge is 0.231 e. The molecule has 6 nitrogen and oxygen atoms in total. The second kappa shape index (κ2) is 8.66. The molecule has 2 aliphatic heterocycles. The van der Waals surface area contributed by atoms with E-state index in [1.54, 1.807) is 24.3 Å². The highest BCUT2D eigenvalue weighted by molar-refractivity contribution is 8.03. The third-order valence-electron chi connectivity index (χ3n) is 5.53. The van der Waals surface area contributed by atoms with Crippen molar-refractivity contribution < 1.29 is 19.4 Å². The van der Waals surface area contributed by atoms with Crippen LogP contribution in [0.25, 0.3) is 0 Å². The molecule has 2 atom stereocenters. The zero-order chi connectivity index (χ0) is 22.0. The van der Waals surface area contributed by atoms with E-state index in [9.17, 15) is 15.2 Å². The minimum absolute atomic E-state index is 0.125. The average molecular weight is 437 g/mol. The Balaban J connectivity index is 1.69. The summed E-state index contributed by atoms with van der Waals surface area (Å²) in [5.74, 6) is 1.18. The van der Waals surface area contributed by atoms with Crippen LogP contribution in [0.15, 0.2) is 59.1 Å². The van der Waals surface area contributed by atoms with Crippen molar-refractivity contribution in [3.8, 4) is 17.6 Å². The molecule has 1 saturated heterocycles. The van der Waals surface area contributed by atoms with Crippen molar-refractivity contribution in [2.45, 2.75) is 31.9 Å². The minimum Gasteiger partial charge on any atom is -0.494 e. The van der Waals surface area contributed by atoms with Gasteiger partial charge in [-0.25, -0.2) is 0 Å². The highest BCUT2D eigenvalue weighted by atomic mass is 32.2. The van der Waals surface area contributed by atoms with Gasteiger partial charge in [0.15, 0.2) is 5.72 Å². The van der Waals surface area contributed by atoms with Crippen LogP contribution >= 0.6 is 11.8 Å². The van der Waals surface area contributed by atoms with E-state index in [-0.39, 0.29) is 24.0 Å². The van der Waals surface area contributed by atoms with Gasteiger partial charge in [-0.3, -0.25) is 9.69 Å². The zero-order valence-electron chi connectivity index (χ0n) is 17.5. The van der Waals surface area contributed by atoms with Crippen LogP contribution in [0.5, 0.6) is 11.5 Å². The summed E-state index contributed by atoms with van der Waals surface area (Å²) in [7, 11) is 0. The van der Waals surface area contributed by atoms with Crippen LogP contribution < -0.4 is 9.47 Å². The summed E-state index contributed by atoms with van der Waals surface area (Å²) in [6.07, 6.45) is 0.125. The Kier molecular flexibility index (Phi) is 5.94. The van der Waals surface area contributed by atoms with Crippen molar-refractivity contribution in [1.82, 2.24) is 4.90 Å². The molecule has 160 valence electrons. The predicted octanol–water partition coefficient (Wildman–Crippen LogP) is 4.13. The summed E-state index contributed by atoms with van der Waals surface area (Å²) in [5, 5.41) is 22.0. The number of amides is 1. The molecule has 0 saturated carbocycles. The third-order valence-corrected chi connectivity index (χ3v) is 6.75. The first-order valence-corrected chi connectivity index (χ1v) is 11.3. The molecular formula is C24H24N2O4S. The highest BCUT2D eigenvalue weighted by Gasteiger charge is 2.51. The molecule has 1 fully saturated rings. The molecule has 2 aliphatic rings. The molecule has 0 aromatic heterocycles. The van der Waals surface area contributed by atoms with Crippen molar-refractivity contribution in [2.75, 3.05) is 19.0 Å². The molecule has 7 heteroatoms. The molecule has 0 spiro atoms. The Labute approximate surface area is 186 Å². The fourth-order valence-electron chi connectivity index (χ4n) is 4.07. The number of nitriles is 1. The topological polar surface area (TPSA) is 82.8 Å². The molecule has 4 rings (SSSR count). The van der Waals surface area contributed by atoms with Crippen LogP contribution in [0.4, 0.5) is 0 Å². The number of allylic oxidation sites excluding steroid dienone is 1. The number of fused-ring (bicyclic) bond motifs is 1. The van der Waals surface area contributed by atoms with E-state index in [2.05, 4.69) is 6.07 Å². The number of rotatable bonds is 6. The monoisotopic (exact) mass is 436 g/mol. The zero-order valence-corrected chi connectivity index (χ0v) is 18.3. The number of carbonyl (C=O) groups is 1. The maximum absolute atomic E-state index is 13.2. The van der Waals surface area contributed by atoms with Gasteiger partial charge in [0, 0.05) is 17.9 Å². The SMILES string of the molecule is CCOc1ccc([C@@H]2CC(=O)N3C(=C2C#N)SC[C@]3(O)c2ccc(OCC)cc2)cc1. The molecule has 0 aliphatic carbocycles. The van der Waals surface area contributed by atoms with Crippen LogP contribution in [0.3, 0.4) is 0 Å². The number of ether oxygens (including phenoxy) is 2. The van der Waals surface area contributed by atoms with E-state index in [0.717, 1.165) is 11.3 Å². The lowest BCUT2D eigenvalue weighted by Gasteiger charge is -2.38. The maximum atomic E-state index is 13.2. The molecule has 2 aromatic rings. The van der Waals surface area contributed by atoms with Crippen LogP contribution in [0.2, 0.25) is 0 Å². The van der Waals surface area contributed by atoms with Gasteiger partial charge in [-0.05, 0) is 43.7 Å². The largest absolute Gasteiger partial charge is 0.494 e. The number of aliphatic hydroxyl groups is 1. The summed E-state index contributed by atoms with van der Waals surface area (Å²) in [4.78, 5) is 14.6. The number of thioether (sulfide) groups is 1. The van der Waals surface area contributed by atoms with Crippen molar-refractivity contribution in [3.05, 3.63) is 70.3 Å². The summed E-state index contributed by atoms with van der Waals surface area (Å²) in [6, 6.07) is 16.9. The Morgan fingerprint density at radius 2 is 1.68 bits per heavy atom. The fraction of sp³-hybridized carbons (Fsp3) is 0.333. The second-order valence-corrected chi connectivity index (χ2v) is 8.35. The predicted molar refractivity (Wildman–Crippen MR) is 118 cm³/mol. The summed E-state index contributed by atoms with van der Waals surface area (Å²) < 4.78 is 11.0. The maximum Gasteiger partial charge on any atom is 0.231 e. The molecule has 0 unspecified atom stereocenters. The second-order valence-electron chi connectivity index (χ2n) is 7.38. The molecule has 0 radical (unpaired) electrons. The Morgan fingerprint density at radius 3 is 2.23 bits per heavy atom. The number of hydrogen-bond donors (Lipinski definition) is 1. The van der Waals surface area contributed by atoms with Gasteiger partial charge in [-0.15, -0.1) is 11.8 Å².